The summed E-state index contributed by atoms with van der Waals surface area (Å²) in [5.41, 5.74) is 8.47. The summed E-state index contributed by atoms with van der Waals surface area (Å²) in [6.45, 7) is 5.99. The number of nitrogens with two attached hydrogens (primary N) is 1. The van der Waals surface area contributed by atoms with Crippen LogP contribution in [0.1, 0.15) is 69.9 Å². The molecule has 2 aliphatic carbocycles. The predicted molar refractivity (Wildman–Crippen MR) is 185 cm³/mol. The van der Waals surface area contributed by atoms with E-state index in [4.69, 9.17) is 27.3 Å². The Kier molecular flexibility index (Phi) is 7.64. The highest BCUT2D eigenvalue weighted by Gasteiger charge is 2.40. The fourth-order valence-corrected chi connectivity index (χ4v) is 8.26. The van der Waals surface area contributed by atoms with Gasteiger partial charge >= 0.3 is 5.69 Å². The Morgan fingerprint density at radius 3 is 2.50 bits per heavy atom. The Labute approximate surface area is 281 Å². The molecule has 0 radical (unpaired) electrons. The molecule has 4 N–H and O–H groups in total. The van der Waals surface area contributed by atoms with Gasteiger partial charge in [0.05, 0.1) is 22.1 Å². The third-order valence-electron chi connectivity index (χ3n) is 10.6. The van der Waals surface area contributed by atoms with E-state index in [9.17, 15) is 14.3 Å². The molecule has 2 saturated carbocycles. The van der Waals surface area contributed by atoms with Gasteiger partial charge < -0.3 is 16.2 Å². The molecule has 0 spiro atoms. The maximum absolute atomic E-state index is 16.6. The van der Waals surface area contributed by atoms with Crippen LogP contribution in [0.15, 0.2) is 58.6 Å². The number of allylic oxidation sites excluding steroid dienone is 2. The van der Waals surface area contributed by atoms with Gasteiger partial charge in [-0.1, -0.05) is 31.2 Å². The largest absolute Gasteiger partial charge is 0.508 e. The summed E-state index contributed by atoms with van der Waals surface area (Å²) in [6, 6.07) is 7.46. The van der Waals surface area contributed by atoms with Crippen molar-refractivity contribution in [3.8, 4) is 17.0 Å². The first-order valence-corrected chi connectivity index (χ1v) is 17.2. The lowest BCUT2D eigenvalue weighted by atomic mass is 9.80. The van der Waals surface area contributed by atoms with Crippen molar-refractivity contribution in [1.29, 1.82) is 0 Å². The number of benzene rings is 2. The number of phenols is 1. The van der Waals surface area contributed by atoms with E-state index in [1.54, 1.807) is 0 Å². The van der Waals surface area contributed by atoms with Crippen LogP contribution in [-0.4, -0.2) is 37.4 Å². The first-order valence-electron chi connectivity index (χ1n) is 16.8. The number of aromatic nitrogens is 3. The Morgan fingerprint density at radius 2 is 1.79 bits per heavy atom. The number of phenolic OH excluding ortho intramolecular Hbond substituents is 1. The number of pyridine rings is 1. The topological polar surface area (TPSA) is 118 Å². The highest BCUT2D eigenvalue weighted by Crippen LogP contribution is 2.45. The van der Waals surface area contributed by atoms with Gasteiger partial charge in [0.25, 0.3) is 0 Å². The van der Waals surface area contributed by atoms with Crippen LogP contribution in [0.4, 0.5) is 8.78 Å². The summed E-state index contributed by atoms with van der Waals surface area (Å²) in [4.78, 5) is 28.8. The van der Waals surface area contributed by atoms with Crippen LogP contribution in [0.3, 0.4) is 0 Å². The number of hydrogen-bond donors (Lipinski definition) is 3. The van der Waals surface area contributed by atoms with E-state index < -0.39 is 17.3 Å². The van der Waals surface area contributed by atoms with Crippen molar-refractivity contribution in [2.24, 2.45) is 28.5 Å². The summed E-state index contributed by atoms with van der Waals surface area (Å²) in [5.74, 6) is -1.37. The van der Waals surface area contributed by atoms with Gasteiger partial charge in [-0.25, -0.2) is 23.1 Å². The lowest BCUT2D eigenvalue weighted by molar-refractivity contribution is 0.376. The molecule has 3 unspecified atom stereocenters. The molecule has 4 atom stereocenters. The molecule has 2 aliphatic heterocycles. The number of nitrogens with zero attached hydrogens (tertiary/aromatic N) is 4. The second-order valence-corrected chi connectivity index (χ2v) is 14.4. The summed E-state index contributed by atoms with van der Waals surface area (Å²) < 4.78 is 32.9. The Morgan fingerprint density at radius 1 is 1.06 bits per heavy atom. The highest BCUT2D eigenvalue weighted by atomic mass is 35.5. The molecule has 4 fully saturated rings. The van der Waals surface area contributed by atoms with Crippen LogP contribution in [0.2, 0.25) is 5.02 Å². The Hall–Kier alpha value is -4.15. The molecule has 2 bridgehead atoms. The fourth-order valence-electron chi connectivity index (χ4n) is 7.98. The summed E-state index contributed by atoms with van der Waals surface area (Å²) in [5, 5.41) is 15.2. The number of hydrogen-bond acceptors (Lipinski definition) is 7. The van der Waals surface area contributed by atoms with Crippen molar-refractivity contribution in [2.45, 2.75) is 76.3 Å². The first-order chi connectivity index (χ1) is 23.1. The smallest absolute Gasteiger partial charge is 0.354 e. The molecule has 48 heavy (non-hydrogen) atoms. The Balaban J connectivity index is 1.46. The number of rotatable bonds is 7. The molecule has 8 nitrogen and oxygen atoms in total. The third-order valence-corrected chi connectivity index (χ3v) is 11.0. The van der Waals surface area contributed by atoms with Gasteiger partial charge in [0, 0.05) is 58.1 Å². The van der Waals surface area contributed by atoms with Gasteiger partial charge in [-0.05, 0) is 86.9 Å². The monoisotopic (exact) mass is 670 g/mol. The molecular formula is C37H37ClF2N6O2. The number of aliphatic imine (C=N–C) groups is 1. The summed E-state index contributed by atoms with van der Waals surface area (Å²) in [6.07, 6.45) is 8.79. The predicted octanol–water partition coefficient (Wildman–Crippen LogP) is 7.41. The third kappa shape index (κ3) is 5.29. The number of aromatic hydroxyl groups is 1. The second kappa shape index (κ2) is 11.8. The van der Waals surface area contributed by atoms with Crippen LogP contribution in [0.25, 0.3) is 38.8 Å². The summed E-state index contributed by atoms with van der Waals surface area (Å²) in [7, 11) is 0. The number of halogens is 3. The molecule has 2 aromatic heterocycles. The minimum atomic E-state index is -0.716. The highest BCUT2D eigenvalue weighted by molar-refractivity contribution is 6.37. The SMILES string of the molecule is C=C/N=C(\C(=C(/N)C1CC1)n1c(=O)nc(C2CC3CCC(C[C@H]2C)N3)c2cc(F)c(-c3cc(O)cc4ccc(F)c(Cl)c34)nc21)C1CC1. The van der Waals surface area contributed by atoms with Crippen molar-refractivity contribution in [2.75, 3.05) is 0 Å². The first kappa shape index (κ1) is 31.1. The molecule has 0 amide bonds. The van der Waals surface area contributed by atoms with Crippen molar-refractivity contribution in [3.05, 3.63) is 81.6 Å². The average Bonchev–Trinajstić information content (AvgIpc) is 3.98. The van der Waals surface area contributed by atoms with Gasteiger partial charge in [0.2, 0.25) is 0 Å². The van der Waals surface area contributed by atoms with Crippen LogP contribution in [-0.2, 0) is 0 Å². The van der Waals surface area contributed by atoms with Crippen molar-refractivity contribution >= 4 is 44.8 Å². The minimum Gasteiger partial charge on any atom is -0.508 e. The molecule has 2 aromatic carbocycles. The van der Waals surface area contributed by atoms with Gasteiger partial charge in [0.1, 0.15) is 23.1 Å². The van der Waals surface area contributed by atoms with Crippen molar-refractivity contribution in [1.82, 2.24) is 19.9 Å². The maximum Gasteiger partial charge on any atom is 0.354 e. The van der Waals surface area contributed by atoms with E-state index in [0.717, 1.165) is 51.4 Å². The van der Waals surface area contributed by atoms with E-state index in [1.165, 1.54) is 41.1 Å². The van der Waals surface area contributed by atoms with Gasteiger partial charge in [0.15, 0.2) is 5.65 Å². The molecule has 8 rings (SSSR count). The lowest BCUT2D eigenvalue weighted by Crippen LogP contribution is -2.32. The molecule has 4 aliphatic rings. The van der Waals surface area contributed by atoms with Crippen LogP contribution < -0.4 is 16.7 Å². The molecule has 2 saturated heterocycles. The van der Waals surface area contributed by atoms with E-state index in [2.05, 4.69) is 23.8 Å². The van der Waals surface area contributed by atoms with E-state index in [1.807, 2.05) is 0 Å². The number of nitrogens with one attached hydrogen (secondary N) is 1. The van der Waals surface area contributed by atoms with Crippen molar-refractivity contribution in [3.63, 3.8) is 0 Å². The van der Waals surface area contributed by atoms with E-state index >= 15 is 4.39 Å². The van der Waals surface area contributed by atoms with E-state index in [0.29, 0.717) is 39.6 Å². The molecule has 248 valence electrons. The molecule has 11 heteroatoms. The van der Waals surface area contributed by atoms with E-state index in [-0.39, 0.29) is 62.8 Å². The zero-order valence-corrected chi connectivity index (χ0v) is 27.4. The van der Waals surface area contributed by atoms with Gasteiger partial charge in [-0.2, -0.15) is 4.98 Å². The summed E-state index contributed by atoms with van der Waals surface area (Å²) >= 11 is 6.47. The quantitative estimate of drug-likeness (QED) is 0.176. The average molecular weight is 671 g/mol. The lowest BCUT2D eigenvalue weighted by Gasteiger charge is -2.27. The van der Waals surface area contributed by atoms with Gasteiger partial charge in [-0.3, -0.25) is 4.99 Å². The normalized spacial score (nSPS) is 25.0. The van der Waals surface area contributed by atoms with Crippen LogP contribution in [0, 0.1) is 29.4 Å². The van der Waals surface area contributed by atoms with Crippen molar-refractivity contribution < 1.29 is 13.9 Å². The molecular weight excluding hydrogens is 634 g/mol. The van der Waals surface area contributed by atoms with Crippen LogP contribution >= 0.6 is 11.6 Å². The Bertz CT molecular complexity index is 2140. The number of fused-ring (bicyclic) bond motifs is 4. The zero-order valence-electron chi connectivity index (χ0n) is 26.6. The standard InChI is InChI=1S/C37H37ClF2N6O2/c1-3-42-32(19-6-7-19)35(31(41)18-4-5-18)46-36-26(33(45-37(46)48)24-14-22-10-9-21(43-22)12-17(24)2)16-28(40)34(44-36)25-15-23(47)13-20-8-11-27(39)30(38)29(20)25/h3,8,11,13,15-19,21-22,24,43,47H,1,4-7,9-10,12,14,41H2,2H3/b35-31+,42-32-/t17-,21?,22?,24?/m1/s1. The maximum atomic E-state index is 16.6. The molecule has 4 aromatic rings. The second-order valence-electron chi connectivity index (χ2n) is 14.0. The zero-order chi connectivity index (χ0) is 33.4. The minimum absolute atomic E-state index is 0.0654. The fraction of sp³-hybridized carbons (Fsp3) is 0.405. The van der Waals surface area contributed by atoms with Gasteiger partial charge in [-0.15, -0.1) is 0 Å². The van der Waals surface area contributed by atoms with Crippen LogP contribution in [0.5, 0.6) is 5.75 Å². The molecule has 4 heterocycles.